The molecule has 0 radical (unpaired) electrons. The van der Waals surface area contributed by atoms with Gasteiger partial charge in [0.25, 0.3) is 0 Å². The molecule has 0 saturated carbocycles. The summed E-state index contributed by atoms with van der Waals surface area (Å²) in [6.07, 6.45) is 0.769. The second-order valence-corrected chi connectivity index (χ2v) is 3.09. The first kappa shape index (κ1) is 9.91. The summed E-state index contributed by atoms with van der Waals surface area (Å²) in [5.74, 6) is 0.324. The van der Waals surface area contributed by atoms with E-state index >= 15 is 0 Å². The lowest BCUT2D eigenvalue weighted by Gasteiger charge is -2.12. The molecule has 0 unspecified atom stereocenters. The summed E-state index contributed by atoms with van der Waals surface area (Å²) in [4.78, 5) is 3.27. The lowest BCUT2D eigenvalue weighted by Crippen LogP contribution is -2.20. The third-order valence-electron chi connectivity index (χ3n) is 1.42. The Morgan fingerprint density at radius 3 is 2.30 bits per heavy atom. The van der Waals surface area contributed by atoms with Gasteiger partial charge in [-0.25, -0.2) is 4.86 Å². The highest BCUT2D eigenvalue weighted by Crippen LogP contribution is 2.18. The minimum atomic E-state index is -1.26. The van der Waals surface area contributed by atoms with Crippen molar-refractivity contribution in [3.63, 3.8) is 0 Å². The summed E-state index contributed by atoms with van der Waals surface area (Å²) >= 11 is 0. The molecule has 2 nitrogen and oxygen atoms in total. The number of hydrogen-bond donors (Lipinski definition) is 1. The van der Waals surface area contributed by atoms with Gasteiger partial charge in [0.05, 0.1) is 0 Å². The van der Waals surface area contributed by atoms with Crippen molar-refractivity contribution in [3.05, 3.63) is 0 Å². The van der Waals surface area contributed by atoms with Crippen LogP contribution in [0.15, 0.2) is 0 Å². The van der Waals surface area contributed by atoms with Crippen LogP contribution in [0.25, 0.3) is 0 Å². The van der Waals surface area contributed by atoms with E-state index in [-0.39, 0.29) is 5.82 Å². The maximum absolute atomic E-state index is 11.3. The van der Waals surface area contributed by atoms with Crippen LogP contribution >= 0.6 is 0 Å². The standard InChI is InChI=1S/C6H14BFO2/c1-5(2)4-6(3)7(9)10-8/h5-6,9H,4H2,1-3H3/t6-/m0/s1. The molecule has 4 heteroatoms. The van der Waals surface area contributed by atoms with Crippen LogP contribution < -0.4 is 0 Å². The topological polar surface area (TPSA) is 29.5 Å². The van der Waals surface area contributed by atoms with Crippen molar-refractivity contribution >= 4 is 7.12 Å². The van der Waals surface area contributed by atoms with Crippen LogP contribution in [-0.2, 0) is 4.86 Å². The maximum atomic E-state index is 11.3. The molecule has 0 aliphatic carbocycles. The molecule has 1 N–H and O–H groups in total. The zero-order chi connectivity index (χ0) is 8.15. The van der Waals surface area contributed by atoms with E-state index in [0.717, 1.165) is 6.42 Å². The highest BCUT2D eigenvalue weighted by molar-refractivity contribution is 6.44. The van der Waals surface area contributed by atoms with Gasteiger partial charge < -0.3 is 5.02 Å². The summed E-state index contributed by atoms with van der Waals surface area (Å²) in [5.41, 5.74) is 0. The van der Waals surface area contributed by atoms with Crippen LogP contribution in [0.4, 0.5) is 4.53 Å². The predicted octanol–water partition coefficient (Wildman–Crippen LogP) is 1.80. The van der Waals surface area contributed by atoms with E-state index in [1.807, 2.05) is 13.8 Å². The van der Waals surface area contributed by atoms with Crippen LogP contribution in [0.1, 0.15) is 27.2 Å². The molecule has 0 aliphatic rings. The van der Waals surface area contributed by atoms with E-state index in [4.69, 9.17) is 5.02 Å². The third kappa shape index (κ3) is 3.85. The van der Waals surface area contributed by atoms with Crippen molar-refractivity contribution in [2.24, 2.45) is 5.92 Å². The van der Waals surface area contributed by atoms with Gasteiger partial charge in [0, 0.05) is 0 Å². The van der Waals surface area contributed by atoms with Crippen LogP contribution in [-0.4, -0.2) is 12.1 Å². The van der Waals surface area contributed by atoms with Crippen LogP contribution in [0, 0.1) is 5.92 Å². The summed E-state index contributed by atoms with van der Waals surface area (Å²) in [6.45, 7) is 5.78. The molecule has 0 aliphatic heterocycles. The molecule has 0 amide bonds. The average molecular weight is 148 g/mol. The molecule has 0 aromatic rings. The van der Waals surface area contributed by atoms with Gasteiger partial charge in [-0.3, -0.25) is 0 Å². The molecule has 0 spiro atoms. The first-order chi connectivity index (χ1) is 4.57. The molecule has 60 valence electrons. The second kappa shape index (κ2) is 4.69. The second-order valence-electron chi connectivity index (χ2n) is 3.09. The van der Waals surface area contributed by atoms with Gasteiger partial charge >= 0.3 is 7.12 Å². The molecule has 0 heterocycles. The molecular formula is C6H14BFO2. The van der Waals surface area contributed by atoms with Crippen LogP contribution in [0.2, 0.25) is 5.82 Å². The highest BCUT2D eigenvalue weighted by atomic mass is 19.3. The van der Waals surface area contributed by atoms with E-state index in [1.165, 1.54) is 0 Å². The van der Waals surface area contributed by atoms with E-state index in [0.29, 0.717) is 5.92 Å². The summed E-state index contributed by atoms with van der Waals surface area (Å²) < 4.78 is 11.3. The Morgan fingerprint density at radius 1 is 1.50 bits per heavy atom. The van der Waals surface area contributed by atoms with Crippen LogP contribution in [0.5, 0.6) is 0 Å². The van der Waals surface area contributed by atoms with Gasteiger partial charge in [-0.1, -0.05) is 25.3 Å². The molecule has 0 rings (SSSR count). The van der Waals surface area contributed by atoms with Crippen molar-refractivity contribution in [3.8, 4) is 0 Å². The predicted molar refractivity (Wildman–Crippen MR) is 39.0 cm³/mol. The van der Waals surface area contributed by atoms with Crippen molar-refractivity contribution in [2.75, 3.05) is 0 Å². The van der Waals surface area contributed by atoms with Crippen molar-refractivity contribution in [2.45, 2.75) is 33.0 Å². The number of rotatable bonds is 4. The van der Waals surface area contributed by atoms with Crippen molar-refractivity contribution in [1.82, 2.24) is 0 Å². The van der Waals surface area contributed by atoms with Gasteiger partial charge in [-0.05, 0) is 18.2 Å². The third-order valence-corrected chi connectivity index (χ3v) is 1.42. The molecule has 0 aromatic heterocycles. The zero-order valence-corrected chi connectivity index (χ0v) is 6.67. The Bertz CT molecular complexity index is 89.8. The zero-order valence-electron chi connectivity index (χ0n) is 6.67. The molecule has 0 bridgehead atoms. The van der Waals surface area contributed by atoms with Gasteiger partial charge in [0.1, 0.15) is 0 Å². The Labute approximate surface area is 61.4 Å². The minimum absolute atomic E-state index is 0.134. The molecule has 0 fully saturated rings. The Hall–Kier alpha value is -0.0851. The highest BCUT2D eigenvalue weighted by Gasteiger charge is 2.23. The number of halogens is 1. The van der Waals surface area contributed by atoms with Gasteiger partial charge in [-0.2, -0.15) is 0 Å². The lowest BCUT2D eigenvalue weighted by molar-refractivity contribution is -0.0348. The first-order valence-corrected chi connectivity index (χ1v) is 3.53. The molecule has 10 heavy (non-hydrogen) atoms. The largest absolute Gasteiger partial charge is 0.497 e. The quantitative estimate of drug-likeness (QED) is 0.616. The molecule has 1 atom stereocenters. The minimum Gasteiger partial charge on any atom is -0.425 e. The number of hydrogen-bond acceptors (Lipinski definition) is 2. The Morgan fingerprint density at radius 2 is 2.00 bits per heavy atom. The molecular weight excluding hydrogens is 134 g/mol. The summed E-state index contributed by atoms with van der Waals surface area (Å²) in [7, 11) is -1.26. The first-order valence-electron chi connectivity index (χ1n) is 3.53. The monoisotopic (exact) mass is 148 g/mol. The summed E-state index contributed by atoms with van der Waals surface area (Å²) in [5, 5.41) is 8.78. The summed E-state index contributed by atoms with van der Waals surface area (Å²) in [6, 6.07) is 0. The molecule has 0 saturated heterocycles. The van der Waals surface area contributed by atoms with Gasteiger partial charge in [0.15, 0.2) is 0 Å². The van der Waals surface area contributed by atoms with E-state index in [1.54, 1.807) is 6.92 Å². The lowest BCUT2D eigenvalue weighted by atomic mass is 9.70. The Kier molecular flexibility index (Phi) is 4.65. The van der Waals surface area contributed by atoms with Crippen molar-refractivity contribution in [1.29, 1.82) is 0 Å². The molecule has 0 aromatic carbocycles. The Balaban J connectivity index is 3.50. The van der Waals surface area contributed by atoms with Gasteiger partial charge in [-0.15, -0.1) is 0 Å². The fraction of sp³-hybridized carbons (Fsp3) is 1.00. The van der Waals surface area contributed by atoms with E-state index in [2.05, 4.69) is 4.86 Å². The SMILES string of the molecule is CC(C)C[C@H](C)B(O)OF. The van der Waals surface area contributed by atoms with E-state index in [9.17, 15) is 4.53 Å². The fourth-order valence-corrected chi connectivity index (χ4v) is 0.948. The van der Waals surface area contributed by atoms with Crippen molar-refractivity contribution < 1.29 is 14.4 Å². The smallest absolute Gasteiger partial charge is 0.425 e. The average Bonchev–Trinajstić information content (AvgIpc) is 1.85. The maximum Gasteiger partial charge on any atom is 0.497 e. The van der Waals surface area contributed by atoms with Gasteiger partial charge in [0.2, 0.25) is 0 Å². The normalized spacial score (nSPS) is 13.8. The van der Waals surface area contributed by atoms with E-state index < -0.39 is 7.12 Å². The van der Waals surface area contributed by atoms with Crippen LogP contribution in [0.3, 0.4) is 0 Å². The fourth-order valence-electron chi connectivity index (χ4n) is 0.948.